The van der Waals surface area contributed by atoms with Crippen molar-refractivity contribution in [1.29, 1.82) is 0 Å². The molecule has 0 bridgehead atoms. The van der Waals surface area contributed by atoms with E-state index in [-0.39, 0.29) is 23.8 Å². The molecule has 0 saturated heterocycles. The monoisotopic (exact) mass is 266 g/mol. The third-order valence-corrected chi connectivity index (χ3v) is 2.42. The molecule has 0 spiro atoms. The summed E-state index contributed by atoms with van der Waals surface area (Å²) in [6.45, 7) is 4.50. The summed E-state index contributed by atoms with van der Waals surface area (Å²) in [4.78, 5) is 26.2. The van der Waals surface area contributed by atoms with Gasteiger partial charge in [0.25, 0.3) is 5.91 Å². The van der Waals surface area contributed by atoms with Crippen LogP contribution in [0.25, 0.3) is 0 Å². The molecule has 0 aliphatic carbocycles. The van der Waals surface area contributed by atoms with Gasteiger partial charge in [-0.3, -0.25) is 9.78 Å². The first-order valence-corrected chi connectivity index (χ1v) is 6.07. The number of aromatic nitrogens is 1. The first-order chi connectivity index (χ1) is 9.00. The van der Waals surface area contributed by atoms with Crippen molar-refractivity contribution in [2.45, 2.75) is 20.3 Å². The highest BCUT2D eigenvalue weighted by molar-refractivity contribution is 5.90. The van der Waals surface area contributed by atoms with Crippen LogP contribution in [0.1, 0.15) is 30.6 Å². The number of hydrogen-bond acceptors (Lipinski definition) is 4. The largest absolute Gasteiger partial charge is 0.481 e. The van der Waals surface area contributed by atoms with Crippen molar-refractivity contribution in [2.24, 2.45) is 5.92 Å². The molecule has 104 valence electrons. The number of ether oxygens (including phenoxy) is 1. The molecular formula is C13H18N2O4. The summed E-state index contributed by atoms with van der Waals surface area (Å²) < 4.78 is 5.16. The smallest absolute Gasteiger partial charge is 0.339 e. The molecular weight excluding hydrogens is 248 g/mol. The Balaban J connectivity index is 2.44. The number of nitrogens with zero attached hydrogens (tertiary/aromatic N) is 1. The van der Waals surface area contributed by atoms with E-state index >= 15 is 0 Å². The fourth-order valence-corrected chi connectivity index (χ4v) is 1.37. The second-order valence-electron chi connectivity index (χ2n) is 4.50. The fourth-order valence-electron chi connectivity index (χ4n) is 1.37. The number of carboxylic acids is 1. The molecule has 0 unspecified atom stereocenters. The minimum Gasteiger partial charge on any atom is -0.481 e. The Labute approximate surface area is 111 Å². The maximum Gasteiger partial charge on any atom is 0.339 e. The summed E-state index contributed by atoms with van der Waals surface area (Å²) in [6, 6.07) is 1.33. The molecule has 6 heteroatoms. The van der Waals surface area contributed by atoms with Gasteiger partial charge < -0.3 is 15.2 Å². The lowest BCUT2D eigenvalue weighted by molar-refractivity contribution is -0.123. The first kappa shape index (κ1) is 14.9. The minimum absolute atomic E-state index is 0.00928. The molecule has 1 heterocycles. The van der Waals surface area contributed by atoms with Gasteiger partial charge >= 0.3 is 5.97 Å². The van der Waals surface area contributed by atoms with Gasteiger partial charge in [0.2, 0.25) is 0 Å². The van der Waals surface area contributed by atoms with Gasteiger partial charge in [-0.25, -0.2) is 4.79 Å². The number of carboxylic acid groups (broad SMARTS) is 1. The predicted octanol–water partition coefficient (Wildman–Crippen LogP) is 1.32. The van der Waals surface area contributed by atoms with Crippen LogP contribution in [0.2, 0.25) is 0 Å². The lowest BCUT2D eigenvalue weighted by Crippen LogP contribution is -2.30. The van der Waals surface area contributed by atoms with Crippen molar-refractivity contribution in [3.8, 4) is 5.75 Å². The van der Waals surface area contributed by atoms with Crippen LogP contribution in [0.15, 0.2) is 18.5 Å². The van der Waals surface area contributed by atoms with E-state index in [1.807, 2.05) is 0 Å². The van der Waals surface area contributed by atoms with Crippen molar-refractivity contribution in [3.63, 3.8) is 0 Å². The summed E-state index contributed by atoms with van der Waals surface area (Å²) in [6.07, 6.45) is 3.53. The highest BCUT2D eigenvalue weighted by atomic mass is 16.5. The number of pyridine rings is 1. The van der Waals surface area contributed by atoms with Gasteiger partial charge in [-0.2, -0.15) is 0 Å². The van der Waals surface area contributed by atoms with Crippen LogP contribution in [0, 0.1) is 5.92 Å². The molecule has 1 aromatic heterocycles. The Morgan fingerprint density at radius 2 is 2.21 bits per heavy atom. The summed E-state index contributed by atoms with van der Waals surface area (Å²) in [5, 5.41) is 11.6. The van der Waals surface area contributed by atoms with Gasteiger partial charge in [-0.15, -0.1) is 0 Å². The average Bonchev–Trinajstić information content (AvgIpc) is 2.36. The Hall–Kier alpha value is -2.11. The molecule has 1 rings (SSSR count). The standard InChI is InChI=1S/C13H18N2O4/c1-9(2)3-6-15-12(16)8-19-11-7-14-5-4-10(11)13(17)18/h4-5,7,9H,3,6,8H2,1-2H3,(H,15,16)(H,17,18). The van der Waals surface area contributed by atoms with Crippen molar-refractivity contribution < 1.29 is 19.4 Å². The average molecular weight is 266 g/mol. The van der Waals surface area contributed by atoms with E-state index in [4.69, 9.17) is 9.84 Å². The van der Waals surface area contributed by atoms with Gasteiger partial charge in [-0.05, 0) is 18.4 Å². The van der Waals surface area contributed by atoms with Gasteiger partial charge in [0.1, 0.15) is 5.56 Å². The van der Waals surface area contributed by atoms with Crippen LogP contribution in [0.3, 0.4) is 0 Å². The number of aromatic carboxylic acids is 1. The molecule has 0 radical (unpaired) electrons. The van der Waals surface area contributed by atoms with Crippen molar-refractivity contribution >= 4 is 11.9 Å². The third-order valence-electron chi connectivity index (χ3n) is 2.42. The van der Waals surface area contributed by atoms with E-state index in [9.17, 15) is 9.59 Å². The fraction of sp³-hybridized carbons (Fsp3) is 0.462. The zero-order valence-electron chi connectivity index (χ0n) is 11.0. The van der Waals surface area contributed by atoms with E-state index < -0.39 is 5.97 Å². The maximum atomic E-state index is 11.5. The summed E-state index contributed by atoms with van der Waals surface area (Å²) in [5.41, 5.74) is -0.00928. The van der Waals surface area contributed by atoms with E-state index in [0.717, 1.165) is 6.42 Å². The molecule has 2 N–H and O–H groups in total. The zero-order chi connectivity index (χ0) is 14.3. The van der Waals surface area contributed by atoms with Crippen molar-refractivity contribution in [1.82, 2.24) is 10.3 Å². The number of carbonyl (C=O) groups is 2. The summed E-state index contributed by atoms with van der Waals surface area (Å²) in [7, 11) is 0. The maximum absolute atomic E-state index is 11.5. The van der Waals surface area contributed by atoms with Crippen LogP contribution >= 0.6 is 0 Å². The molecule has 1 amide bonds. The molecule has 0 aliphatic heterocycles. The van der Waals surface area contributed by atoms with Gasteiger partial charge in [-0.1, -0.05) is 13.8 Å². The SMILES string of the molecule is CC(C)CCNC(=O)COc1cnccc1C(=O)O. The van der Waals surface area contributed by atoms with Gasteiger partial charge in [0, 0.05) is 12.7 Å². The Morgan fingerprint density at radius 3 is 2.84 bits per heavy atom. The molecule has 19 heavy (non-hydrogen) atoms. The Morgan fingerprint density at radius 1 is 1.47 bits per heavy atom. The first-order valence-electron chi connectivity index (χ1n) is 6.07. The van der Waals surface area contributed by atoms with E-state index in [1.165, 1.54) is 18.5 Å². The number of amides is 1. The summed E-state index contributed by atoms with van der Waals surface area (Å²) in [5.74, 6) is -0.786. The Bertz CT molecular complexity index is 446. The molecule has 6 nitrogen and oxygen atoms in total. The molecule has 0 fully saturated rings. The van der Waals surface area contributed by atoms with E-state index in [0.29, 0.717) is 12.5 Å². The molecule has 0 aromatic carbocycles. The number of rotatable bonds is 7. The normalized spacial score (nSPS) is 10.3. The van der Waals surface area contributed by atoms with Crippen molar-refractivity contribution in [2.75, 3.05) is 13.2 Å². The lowest BCUT2D eigenvalue weighted by Gasteiger charge is -2.09. The molecule has 1 aromatic rings. The number of carbonyl (C=O) groups excluding carboxylic acids is 1. The van der Waals surface area contributed by atoms with Crippen LogP contribution in [-0.2, 0) is 4.79 Å². The van der Waals surface area contributed by atoms with Gasteiger partial charge in [0.15, 0.2) is 12.4 Å². The van der Waals surface area contributed by atoms with Crippen LogP contribution < -0.4 is 10.1 Å². The Kier molecular flexibility index (Phi) is 5.78. The van der Waals surface area contributed by atoms with Crippen LogP contribution in [0.5, 0.6) is 5.75 Å². The van der Waals surface area contributed by atoms with E-state index in [2.05, 4.69) is 24.1 Å². The van der Waals surface area contributed by atoms with Crippen molar-refractivity contribution in [3.05, 3.63) is 24.0 Å². The topological polar surface area (TPSA) is 88.5 Å². The lowest BCUT2D eigenvalue weighted by atomic mass is 10.1. The zero-order valence-corrected chi connectivity index (χ0v) is 11.0. The van der Waals surface area contributed by atoms with Crippen LogP contribution in [-0.4, -0.2) is 35.1 Å². The summed E-state index contributed by atoms with van der Waals surface area (Å²) >= 11 is 0. The second-order valence-corrected chi connectivity index (χ2v) is 4.50. The third kappa shape index (κ3) is 5.37. The quantitative estimate of drug-likeness (QED) is 0.777. The highest BCUT2D eigenvalue weighted by Gasteiger charge is 2.12. The molecule has 0 atom stereocenters. The minimum atomic E-state index is -1.11. The number of nitrogens with one attached hydrogen (secondary N) is 1. The van der Waals surface area contributed by atoms with Crippen LogP contribution in [0.4, 0.5) is 0 Å². The second kappa shape index (κ2) is 7.35. The molecule has 0 saturated carbocycles. The van der Waals surface area contributed by atoms with Gasteiger partial charge in [0.05, 0.1) is 6.20 Å². The predicted molar refractivity (Wildman–Crippen MR) is 69.2 cm³/mol. The van der Waals surface area contributed by atoms with E-state index in [1.54, 1.807) is 0 Å². The highest BCUT2D eigenvalue weighted by Crippen LogP contribution is 2.15. The number of hydrogen-bond donors (Lipinski definition) is 2. The molecule has 0 aliphatic rings.